The average molecular weight is 437 g/mol. The first-order valence-corrected chi connectivity index (χ1v) is 9.94. The summed E-state index contributed by atoms with van der Waals surface area (Å²) in [5, 5.41) is 20.7. The van der Waals surface area contributed by atoms with Crippen molar-refractivity contribution in [3.63, 3.8) is 0 Å². The maximum atomic E-state index is 12.5. The van der Waals surface area contributed by atoms with Gasteiger partial charge >= 0.3 is 0 Å². The zero-order valence-corrected chi connectivity index (χ0v) is 17.0. The third-order valence-corrected chi connectivity index (χ3v) is 5.48. The van der Waals surface area contributed by atoms with Gasteiger partial charge < -0.3 is 4.57 Å². The van der Waals surface area contributed by atoms with Crippen LogP contribution in [0.5, 0.6) is 0 Å². The van der Waals surface area contributed by atoms with E-state index in [4.69, 9.17) is 23.2 Å². The number of nitro benzene ring substituents is 1. The van der Waals surface area contributed by atoms with E-state index in [0.29, 0.717) is 22.5 Å². The van der Waals surface area contributed by atoms with Gasteiger partial charge in [-0.15, -0.1) is 10.2 Å². The van der Waals surface area contributed by atoms with E-state index in [1.165, 1.54) is 30.0 Å². The molecule has 3 rings (SSSR count). The monoisotopic (exact) mass is 436 g/mol. The highest BCUT2D eigenvalue weighted by atomic mass is 35.5. The molecule has 3 aromatic rings. The Morgan fingerprint density at radius 3 is 2.54 bits per heavy atom. The molecule has 144 valence electrons. The lowest BCUT2D eigenvalue weighted by atomic mass is 10.1. The van der Waals surface area contributed by atoms with Gasteiger partial charge in [-0.3, -0.25) is 14.9 Å². The quantitative estimate of drug-likeness (QED) is 0.220. The molecule has 1 heterocycles. The van der Waals surface area contributed by atoms with Crippen LogP contribution in [0.1, 0.15) is 17.3 Å². The molecular weight excluding hydrogens is 423 g/mol. The number of carbonyl (C=O) groups is 1. The van der Waals surface area contributed by atoms with Crippen LogP contribution in [0, 0.1) is 10.1 Å². The standard InChI is InChI=1S/C18H14Cl2N4O3S/c1-2-23-17(11-3-5-12(19)6-4-11)21-22-18(23)28-10-16(25)14-9-13(24(26)27)7-8-15(14)20/h3-9H,2,10H2,1H3. The number of aromatic nitrogens is 3. The highest BCUT2D eigenvalue weighted by Gasteiger charge is 2.19. The smallest absolute Gasteiger partial charge is 0.270 e. The molecule has 0 fully saturated rings. The lowest BCUT2D eigenvalue weighted by Gasteiger charge is -2.08. The Balaban J connectivity index is 1.80. The lowest BCUT2D eigenvalue weighted by Crippen LogP contribution is -2.06. The van der Waals surface area contributed by atoms with Crippen molar-refractivity contribution in [2.75, 3.05) is 5.75 Å². The third-order valence-electron chi connectivity index (χ3n) is 3.93. The van der Waals surface area contributed by atoms with Crippen molar-refractivity contribution in [2.24, 2.45) is 0 Å². The first-order valence-electron chi connectivity index (χ1n) is 8.19. The highest BCUT2D eigenvalue weighted by molar-refractivity contribution is 7.99. The van der Waals surface area contributed by atoms with Gasteiger partial charge in [-0.05, 0) is 37.3 Å². The molecule has 0 radical (unpaired) electrons. The number of Topliss-reactive ketones (excluding diaryl/α,β-unsaturated/α-hetero) is 1. The Labute approximate surface area is 174 Å². The summed E-state index contributed by atoms with van der Waals surface area (Å²) < 4.78 is 1.89. The van der Waals surface area contributed by atoms with Crippen molar-refractivity contribution < 1.29 is 9.72 Å². The molecule has 0 unspecified atom stereocenters. The molecule has 7 nitrogen and oxygen atoms in total. The lowest BCUT2D eigenvalue weighted by molar-refractivity contribution is -0.384. The van der Waals surface area contributed by atoms with Crippen LogP contribution in [0.4, 0.5) is 5.69 Å². The number of carbonyl (C=O) groups excluding carboxylic acids is 1. The summed E-state index contributed by atoms with van der Waals surface area (Å²) >= 11 is 13.2. The normalized spacial score (nSPS) is 10.8. The van der Waals surface area contributed by atoms with E-state index in [0.717, 1.165) is 5.56 Å². The Morgan fingerprint density at radius 1 is 1.18 bits per heavy atom. The van der Waals surface area contributed by atoms with Crippen LogP contribution in [0.3, 0.4) is 0 Å². The van der Waals surface area contributed by atoms with Crippen molar-refractivity contribution in [3.05, 3.63) is 68.2 Å². The molecule has 0 atom stereocenters. The minimum absolute atomic E-state index is 0.0274. The van der Waals surface area contributed by atoms with Gasteiger partial charge in [0.1, 0.15) is 0 Å². The van der Waals surface area contributed by atoms with Gasteiger partial charge in [0, 0.05) is 34.8 Å². The van der Waals surface area contributed by atoms with Crippen LogP contribution in [0.15, 0.2) is 47.6 Å². The van der Waals surface area contributed by atoms with Gasteiger partial charge in [-0.2, -0.15) is 0 Å². The Kier molecular flexibility index (Phi) is 6.33. The Bertz CT molecular complexity index is 1040. The molecule has 0 bridgehead atoms. The molecule has 0 aliphatic rings. The zero-order valence-electron chi connectivity index (χ0n) is 14.6. The molecule has 0 aliphatic heterocycles. The second-order valence-electron chi connectivity index (χ2n) is 5.69. The van der Waals surface area contributed by atoms with Crippen LogP contribution < -0.4 is 0 Å². The van der Waals surface area contributed by atoms with E-state index < -0.39 is 4.92 Å². The summed E-state index contributed by atoms with van der Waals surface area (Å²) in [5.74, 6) is 0.375. The second kappa shape index (κ2) is 8.72. The van der Waals surface area contributed by atoms with Crippen LogP contribution in [-0.4, -0.2) is 31.2 Å². The summed E-state index contributed by atoms with van der Waals surface area (Å²) in [5.41, 5.74) is 0.794. The number of rotatable bonds is 7. The second-order valence-corrected chi connectivity index (χ2v) is 7.48. The molecular formula is C18H14Cl2N4O3S. The van der Waals surface area contributed by atoms with E-state index >= 15 is 0 Å². The molecule has 0 amide bonds. The van der Waals surface area contributed by atoms with Crippen molar-refractivity contribution in [3.8, 4) is 11.4 Å². The van der Waals surface area contributed by atoms with E-state index in [2.05, 4.69) is 10.2 Å². The number of hydrogen-bond donors (Lipinski definition) is 0. The van der Waals surface area contributed by atoms with Crippen LogP contribution >= 0.6 is 35.0 Å². The third kappa shape index (κ3) is 4.35. The summed E-state index contributed by atoms with van der Waals surface area (Å²) in [7, 11) is 0. The fourth-order valence-electron chi connectivity index (χ4n) is 2.54. The summed E-state index contributed by atoms with van der Waals surface area (Å²) in [6.45, 7) is 2.56. The van der Waals surface area contributed by atoms with Crippen molar-refractivity contribution in [2.45, 2.75) is 18.6 Å². The van der Waals surface area contributed by atoms with Gasteiger partial charge in [0.05, 0.1) is 15.7 Å². The van der Waals surface area contributed by atoms with E-state index in [9.17, 15) is 14.9 Å². The van der Waals surface area contributed by atoms with E-state index in [-0.39, 0.29) is 27.8 Å². The van der Waals surface area contributed by atoms with Gasteiger partial charge in [0.15, 0.2) is 16.8 Å². The highest BCUT2D eigenvalue weighted by Crippen LogP contribution is 2.27. The van der Waals surface area contributed by atoms with Gasteiger partial charge in [0.2, 0.25) is 0 Å². The van der Waals surface area contributed by atoms with Gasteiger partial charge in [0.25, 0.3) is 5.69 Å². The van der Waals surface area contributed by atoms with E-state index in [1.807, 2.05) is 23.6 Å². The van der Waals surface area contributed by atoms with Gasteiger partial charge in [-0.1, -0.05) is 35.0 Å². The number of hydrogen-bond acceptors (Lipinski definition) is 6. The minimum atomic E-state index is -0.563. The summed E-state index contributed by atoms with van der Waals surface area (Å²) in [4.78, 5) is 22.9. The summed E-state index contributed by atoms with van der Waals surface area (Å²) in [6.07, 6.45) is 0. The fourth-order valence-corrected chi connectivity index (χ4v) is 3.78. The summed E-state index contributed by atoms with van der Waals surface area (Å²) in [6, 6.07) is 11.0. The first kappa shape index (κ1) is 20.3. The number of benzene rings is 2. The maximum absolute atomic E-state index is 12.5. The Morgan fingerprint density at radius 2 is 1.89 bits per heavy atom. The number of non-ortho nitro benzene ring substituents is 1. The topological polar surface area (TPSA) is 90.9 Å². The van der Waals surface area contributed by atoms with Crippen LogP contribution in [-0.2, 0) is 6.54 Å². The fraction of sp³-hybridized carbons (Fsp3) is 0.167. The number of nitro groups is 1. The number of ketones is 1. The maximum Gasteiger partial charge on any atom is 0.270 e. The number of nitrogens with zero attached hydrogens (tertiary/aromatic N) is 4. The molecule has 2 aromatic carbocycles. The van der Waals surface area contributed by atoms with E-state index in [1.54, 1.807) is 12.1 Å². The van der Waals surface area contributed by atoms with Crippen molar-refractivity contribution in [1.29, 1.82) is 0 Å². The molecule has 0 spiro atoms. The average Bonchev–Trinajstić information content (AvgIpc) is 3.09. The predicted octanol–water partition coefficient (Wildman–Crippen LogP) is 5.16. The Hall–Kier alpha value is -2.42. The predicted molar refractivity (Wildman–Crippen MR) is 109 cm³/mol. The van der Waals surface area contributed by atoms with Gasteiger partial charge in [-0.25, -0.2) is 0 Å². The molecule has 0 saturated carbocycles. The molecule has 1 aromatic heterocycles. The molecule has 28 heavy (non-hydrogen) atoms. The van der Waals surface area contributed by atoms with Crippen LogP contribution in [0.2, 0.25) is 10.0 Å². The SMILES string of the molecule is CCn1c(SCC(=O)c2cc([N+](=O)[O-])ccc2Cl)nnc1-c1ccc(Cl)cc1. The number of halogens is 2. The molecule has 0 N–H and O–H groups in total. The van der Waals surface area contributed by atoms with Crippen LogP contribution in [0.25, 0.3) is 11.4 Å². The molecule has 0 aliphatic carbocycles. The first-order chi connectivity index (χ1) is 13.4. The minimum Gasteiger partial charge on any atom is -0.302 e. The van der Waals surface area contributed by atoms with Crippen molar-refractivity contribution in [1.82, 2.24) is 14.8 Å². The van der Waals surface area contributed by atoms with Crippen molar-refractivity contribution >= 4 is 46.4 Å². The molecule has 10 heteroatoms. The molecule has 0 saturated heterocycles. The number of thioether (sulfide) groups is 1. The zero-order chi connectivity index (χ0) is 20.3. The largest absolute Gasteiger partial charge is 0.302 e.